The van der Waals surface area contributed by atoms with Crippen LogP contribution in [-0.4, -0.2) is 42.0 Å². The van der Waals surface area contributed by atoms with Crippen molar-refractivity contribution < 1.29 is 9.47 Å². The van der Waals surface area contributed by atoms with Crippen molar-refractivity contribution in [3.63, 3.8) is 0 Å². The summed E-state index contributed by atoms with van der Waals surface area (Å²) in [6.45, 7) is 8.46. The summed E-state index contributed by atoms with van der Waals surface area (Å²) in [5.41, 5.74) is 5.58. The van der Waals surface area contributed by atoms with Crippen molar-refractivity contribution in [2.75, 3.05) is 26.3 Å². The van der Waals surface area contributed by atoms with E-state index < -0.39 is 0 Å². The van der Waals surface area contributed by atoms with E-state index >= 15 is 0 Å². The highest BCUT2D eigenvalue weighted by Crippen LogP contribution is 2.32. The molecule has 138 valence electrons. The van der Waals surface area contributed by atoms with Crippen molar-refractivity contribution in [2.45, 2.75) is 39.0 Å². The standard InChI is InChI=1S/C21H25ClN2O2/c1-15-11-18(12-16(2)20(15)22)19-13-17(3-6-23-19)14-24-7-4-21(5-8-24)25-9-10-26-21/h3,6,11-13H,4-5,7-10,14H2,1-2H3. The van der Waals surface area contributed by atoms with E-state index in [0.29, 0.717) is 0 Å². The fourth-order valence-electron chi connectivity index (χ4n) is 3.92. The number of aryl methyl sites for hydroxylation is 2. The Morgan fingerprint density at radius 2 is 1.73 bits per heavy atom. The molecule has 2 aliphatic heterocycles. The van der Waals surface area contributed by atoms with Crippen LogP contribution < -0.4 is 0 Å². The van der Waals surface area contributed by atoms with Gasteiger partial charge in [-0.05, 0) is 54.8 Å². The Kier molecular flexibility index (Phi) is 5.02. The molecule has 2 aromatic rings. The Hall–Kier alpha value is -1.46. The van der Waals surface area contributed by atoms with E-state index in [1.807, 2.05) is 20.0 Å². The molecular formula is C21H25ClN2O2. The molecule has 4 nitrogen and oxygen atoms in total. The monoisotopic (exact) mass is 372 g/mol. The number of pyridine rings is 1. The van der Waals surface area contributed by atoms with Gasteiger partial charge in [0.05, 0.1) is 18.9 Å². The van der Waals surface area contributed by atoms with Gasteiger partial charge in [0, 0.05) is 49.3 Å². The molecule has 2 aliphatic rings. The van der Waals surface area contributed by atoms with Crippen LogP contribution in [0.5, 0.6) is 0 Å². The lowest BCUT2D eigenvalue weighted by Crippen LogP contribution is -2.44. The van der Waals surface area contributed by atoms with Crippen LogP contribution in [0.4, 0.5) is 0 Å². The lowest BCUT2D eigenvalue weighted by Gasteiger charge is -2.37. The number of rotatable bonds is 3. The molecule has 0 amide bonds. The molecule has 0 bridgehead atoms. The smallest absolute Gasteiger partial charge is 0.170 e. The third kappa shape index (κ3) is 3.65. The summed E-state index contributed by atoms with van der Waals surface area (Å²) in [4.78, 5) is 7.04. The van der Waals surface area contributed by atoms with E-state index in [4.69, 9.17) is 21.1 Å². The molecule has 1 aromatic heterocycles. The summed E-state index contributed by atoms with van der Waals surface area (Å²) in [6.07, 6.45) is 3.79. The number of likely N-dealkylation sites (tertiary alicyclic amines) is 1. The molecule has 1 aromatic carbocycles. The number of halogens is 1. The van der Waals surface area contributed by atoms with Gasteiger partial charge < -0.3 is 9.47 Å². The molecule has 2 fully saturated rings. The lowest BCUT2D eigenvalue weighted by molar-refractivity contribution is -0.185. The molecule has 0 unspecified atom stereocenters. The van der Waals surface area contributed by atoms with Gasteiger partial charge in [0.15, 0.2) is 5.79 Å². The normalized spacial score (nSPS) is 20.0. The van der Waals surface area contributed by atoms with Gasteiger partial charge in [-0.2, -0.15) is 0 Å². The number of hydrogen-bond acceptors (Lipinski definition) is 4. The second-order valence-corrected chi connectivity index (χ2v) is 7.74. The summed E-state index contributed by atoms with van der Waals surface area (Å²) in [5.74, 6) is -0.307. The minimum Gasteiger partial charge on any atom is -0.347 e. The molecule has 0 radical (unpaired) electrons. The summed E-state index contributed by atoms with van der Waals surface area (Å²) in [6, 6.07) is 8.52. The van der Waals surface area contributed by atoms with Crippen LogP contribution in [0.3, 0.4) is 0 Å². The third-order valence-electron chi connectivity index (χ3n) is 5.39. The Morgan fingerprint density at radius 1 is 1.08 bits per heavy atom. The van der Waals surface area contributed by atoms with Crippen LogP contribution in [0.25, 0.3) is 11.3 Å². The first-order valence-corrected chi connectivity index (χ1v) is 9.65. The Balaban J connectivity index is 1.47. The van der Waals surface area contributed by atoms with Gasteiger partial charge in [-0.1, -0.05) is 11.6 Å². The summed E-state index contributed by atoms with van der Waals surface area (Å²) in [7, 11) is 0. The van der Waals surface area contributed by atoms with Crippen LogP contribution in [0.1, 0.15) is 29.5 Å². The van der Waals surface area contributed by atoms with Crippen LogP contribution in [0, 0.1) is 13.8 Å². The van der Waals surface area contributed by atoms with Gasteiger partial charge in [-0.3, -0.25) is 9.88 Å². The van der Waals surface area contributed by atoms with Crippen molar-refractivity contribution in [1.29, 1.82) is 0 Å². The zero-order valence-electron chi connectivity index (χ0n) is 15.4. The number of ether oxygens (including phenoxy) is 2. The number of benzene rings is 1. The number of nitrogens with zero attached hydrogens (tertiary/aromatic N) is 2. The van der Waals surface area contributed by atoms with Crippen molar-refractivity contribution in [3.8, 4) is 11.3 Å². The predicted molar refractivity (Wildman–Crippen MR) is 103 cm³/mol. The van der Waals surface area contributed by atoms with Crippen molar-refractivity contribution in [1.82, 2.24) is 9.88 Å². The van der Waals surface area contributed by atoms with Gasteiger partial charge in [0.1, 0.15) is 0 Å². The van der Waals surface area contributed by atoms with E-state index in [2.05, 4.69) is 34.1 Å². The SMILES string of the molecule is Cc1cc(-c2cc(CN3CCC4(CC3)OCCO4)ccn2)cc(C)c1Cl. The molecule has 3 heterocycles. The van der Waals surface area contributed by atoms with Gasteiger partial charge >= 0.3 is 0 Å². The van der Waals surface area contributed by atoms with Gasteiger partial charge in [-0.15, -0.1) is 0 Å². The van der Waals surface area contributed by atoms with E-state index in [-0.39, 0.29) is 5.79 Å². The summed E-state index contributed by atoms with van der Waals surface area (Å²) >= 11 is 6.30. The number of aromatic nitrogens is 1. The second kappa shape index (κ2) is 7.28. The van der Waals surface area contributed by atoms with Gasteiger partial charge in [-0.25, -0.2) is 0 Å². The van der Waals surface area contributed by atoms with Crippen molar-refractivity contribution in [2.24, 2.45) is 0 Å². The quantitative estimate of drug-likeness (QED) is 0.801. The van der Waals surface area contributed by atoms with Crippen LogP contribution >= 0.6 is 11.6 Å². The molecule has 26 heavy (non-hydrogen) atoms. The first kappa shape index (κ1) is 17.9. The first-order valence-electron chi connectivity index (χ1n) is 9.27. The fraction of sp³-hybridized carbons (Fsp3) is 0.476. The number of piperidine rings is 1. The highest BCUT2D eigenvalue weighted by Gasteiger charge is 2.39. The zero-order chi connectivity index (χ0) is 18.1. The molecule has 4 rings (SSSR count). The largest absolute Gasteiger partial charge is 0.347 e. The van der Waals surface area contributed by atoms with E-state index in [1.165, 1.54) is 5.56 Å². The van der Waals surface area contributed by atoms with Crippen molar-refractivity contribution >= 4 is 11.6 Å². The number of hydrogen-bond donors (Lipinski definition) is 0. The molecular weight excluding hydrogens is 348 g/mol. The van der Waals surface area contributed by atoms with Crippen LogP contribution in [0.2, 0.25) is 5.02 Å². The Labute approximate surface area is 160 Å². The zero-order valence-corrected chi connectivity index (χ0v) is 16.2. The molecule has 0 saturated carbocycles. The average molecular weight is 373 g/mol. The lowest BCUT2D eigenvalue weighted by atomic mass is 10.0. The Morgan fingerprint density at radius 3 is 2.38 bits per heavy atom. The predicted octanol–water partition coefficient (Wildman–Crippen LogP) is 4.36. The molecule has 5 heteroatoms. The van der Waals surface area contributed by atoms with E-state index in [9.17, 15) is 0 Å². The minimum absolute atomic E-state index is 0.307. The maximum atomic E-state index is 6.30. The van der Waals surface area contributed by atoms with E-state index in [0.717, 1.165) is 73.1 Å². The first-order chi connectivity index (χ1) is 12.5. The average Bonchev–Trinajstić information content (AvgIpc) is 3.10. The highest BCUT2D eigenvalue weighted by atomic mass is 35.5. The Bertz CT molecular complexity index is 769. The van der Waals surface area contributed by atoms with Crippen LogP contribution in [0.15, 0.2) is 30.5 Å². The van der Waals surface area contributed by atoms with Crippen LogP contribution in [-0.2, 0) is 16.0 Å². The maximum absolute atomic E-state index is 6.30. The summed E-state index contributed by atoms with van der Waals surface area (Å²) < 4.78 is 11.6. The van der Waals surface area contributed by atoms with Gasteiger partial charge in [0.2, 0.25) is 0 Å². The topological polar surface area (TPSA) is 34.6 Å². The van der Waals surface area contributed by atoms with Crippen molar-refractivity contribution in [3.05, 3.63) is 52.2 Å². The molecule has 2 saturated heterocycles. The molecule has 0 N–H and O–H groups in total. The minimum atomic E-state index is -0.307. The molecule has 0 atom stereocenters. The van der Waals surface area contributed by atoms with Gasteiger partial charge in [0.25, 0.3) is 0 Å². The third-order valence-corrected chi connectivity index (χ3v) is 5.99. The fourth-order valence-corrected chi connectivity index (χ4v) is 4.03. The maximum Gasteiger partial charge on any atom is 0.170 e. The second-order valence-electron chi connectivity index (χ2n) is 7.36. The molecule has 1 spiro atoms. The van der Waals surface area contributed by atoms with E-state index in [1.54, 1.807) is 0 Å². The summed E-state index contributed by atoms with van der Waals surface area (Å²) in [5, 5.41) is 0.837. The molecule has 0 aliphatic carbocycles. The highest BCUT2D eigenvalue weighted by molar-refractivity contribution is 6.32.